The van der Waals surface area contributed by atoms with E-state index in [9.17, 15) is 13.6 Å². The molecule has 0 atom stereocenters. The Kier molecular flexibility index (Phi) is 7.16. The first kappa shape index (κ1) is 20.4. The van der Waals surface area contributed by atoms with Crippen LogP contribution in [0.15, 0.2) is 34.9 Å². The highest BCUT2D eigenvalue weighted by molar-refractivity contribution is 9.10. The molecule has 2 rings (SSSR count). The quantitative estimate of drug-likeness (QED) is 0.572. The maximum absolute atomic E-state index is 12.6. The van der Waals surface area contributed by atoms with Crippen molar-refractivity contribution in [3.8, 4) is 11.5 Å². The topological polar surface area (TPSA) is 51.7 Å². The van der Waals surface area contributed by atoms with Gasteiger partial charge in [-0.1, -0.05) is 17.7 Å². The minimum Gasteiger partial charge on any atom is -0.490 e. The average Bonchev–Trinajstić information content (AvgIpc) is 2.58. The van der Waals surface area contributed by atoms with Crippen molar-refractivity contribution in [1.82, 2.24) is 9.88 Å². The predicted molar refractivity (Wildman–Crippen MR) is 97.0 cm³/mol. The average molecular weight is 450 g/mol. The fourth-order valence-corrected chi connectivity index (χ4v) is 2.75. The molecule has 0 fully saturated rings. The number of carbonyl (C=O) groups is 1. The molecule has 5 nitrogen and oxygen atoms in total. The Morgan fingerprint density at radius 2 is 2.08 bits per heavy atom. The second-order valence-electron chi connectivity index (χ2n) is 5.25. The van der Waals surface area contributed by atoms with Crippen LogP contribution in [0.1, 0.15) is 22.8 Å². The molecule has 1 heterocycles. The first-order valence-electron chi connectivity index (χ1n) is 7.58. The number of benzene rings is 1. The Hall–Kier alpha value is -1.93. The van der Waals surface area contributed by atoms with E-state index in [2.05, 4.69) is 25.7 Å². The number of ether oxygens (including phenoxy) is 2. The maximum atomic E-state index is 12.6. The summed E-state index contributed by atoms with van der Waals surface area (Å²) in [7, 11) is 1.60. The van der Waals surface area contributed by atoms with Gasteiger partial charge in [0.15, 0.2) is 11.5 Å². The van der Waals surface area contributed by atoms with Gasteiger partial charge in [-0.2, -0.15) is 8.78 Å². The van der Waals surface area contributed by atoms with Gasteiger partial charge in [0.05, 0.1) is 12.2 Å². The predicted octanol–water partition coefficient (Wildman–Crippen LogP) is 4.77. The SMILES string of the molecule is CCOc1cc(CN(C)C(=O)c2cc(Br)cnc2Cl)ccc1OC(F)F. The number of pyridine rings is 1. The van der Waals surface area contributed by atoms with Crippen molar-refractivity contribution in [2.45, 2.75) is 20.1 Å². The van der Waals surface area contributed by atoms with Crippen molar-refractivity contribution in [2.75, 3.05) is 13.7 Å². The number of amides is 1. The second-order valence-corrected chi connectivity index (χ2v) is 6.52. The van der Waals surface area contributed by atoms with Gasteiger partial charge in [-0.25, -0.2) is 4.98 Å². The van der Waals surface area contributed by atoms with E-state index in [1.165, 1.54) is 17.2 Å². The number of halogens is 4. The molecule has 0 aliphatic heterocycles. The lowest BCUT2D eigenvalue weighted by Gasteiger charge is -2.19. The van der Waals surface area contributed by atoms with E-state index < -0.39 is 6.61 Å². The van der Waals surface area contributed by atoms with Gasteiger partial charge in [-0.05, 0) is 46.6 Å². The zero-order valence-corrected chi connectivity index (χ0v) is 16.4. The Morgan fingerprint density at radius 1 is 1.35 bits per heavy atom. The highest BCUT2D eigenvalue weighted by Crippen LogP contribution is 2.30. The Balaban J connectivity index is 2.19. The van der Waals surface area contributed by atoms with Crippen molar-refractivity contribution in [3.05, 3.63) is 51.2 Å². The molecular weight excluding hydrogens is 434 g/mol. The Morgan fingerprint density at radius 3 is 2.73 bits per heavy atom. The standard InChI is InChI=1S/C17H16BrClF2N2O3/c1-3-25-14-6-10(4-5-13(14)26-17(20)21)9-23(2)16(24)12-7-11(18)8-22-15(12)19/h4-8,17H,3,9H2,1-2H3. The molecule has 0 saturated heterocycles. The number of hydrogen-bond acceptors (Lipinski definition) is 4. The highest BCUT2D eigenvalue weighted by Gasteiger charge is 2.18. The zero-order chi connectivity index (χ0) is 19.3. The van der Waals surface area contributed by atoms with E-state index in [-0.39, 0.29) is 41.3 Å². The molecular formula is C17H16BrClF2N2O3. The van der Waals surface area contributed by atoms with Gasteiger partial charge in [0.25, 0.3) is 5.91 Å². The third-order valence-corrected chi connectivity index (χ3v) is 4.06. The summed E-state index contributed by atoms with van der Waals surface area (Å²) in [6, 6.07) is 6.12. The summed E-state index contributed by atoms with van der Waals surface area (Å²) in [5.74, 6) is -0.193. The van der Waals surface area contributed by atoms with Gasteiger partial charge in [0.1, 0.15) is 5.15 Å². The summed E-state index contributed by atoms with van der Waals surface area (Å²) in [5, 5.41) is 0.0979. The summed E-state index contributed by atoms with van der Waals surface area (Å²) >= 11 is 9.24. The van der Waals surface area contributed by atoms with E-state index in [1.807, 2.05) is 0 Å². The third kappa shape index (κ3) is 5.28. The van der Waals surface area contributed by atoms with Crippen molar-refractivity contribution in [1.29, 1.82) is 0 Å². The molecule has 9 heteroatoms. The molecule has 0 aliphatic carbocycles. The molecule has 2 aromatic rings. The fraction of sp³-hybridized carbons (Fsp3) is 0.294. The van der Waals surface area contributed by atoms with Crippen LogP contribution in [-0.2, 0) is 6.54 Å². The number of hydrogen-bond donors (Lipinski definition) is 0. The minimum atomic E-state index is -2.95. The lowest BCUT2D eigenvalue weighted by Crippen LogP contribution is -2.26. The Labute approximate surface area is 163 Å². The molecule has 0 bridgehead atoms. The first-order chi connectivity index (χ1) is 12.3. The second kappa shape index (κ2) is 9.14. The van der Waals surface area contributed by atoms with Crippen LogP contribution >= 0.6 is 27.5 Å². The van der Waals surface area contributed by atoms with Crippen LogP contribution in [0.3, 0.4) is 0 Å². The summed E-state index contributed by atoms with van der Waals surface area (Å²) in [6.07, 6.45) is 1.50. The molecule has 0 spiro atoms. The summed E-state index contributed by atoms with van der Waals surface area (Å²) < 4.78 is 35.3. The van der Waals surface area contributed by atoms with Gasteiger partial charge in [0.2, 0.25) is 0 Å². The van der Waals surface area contributed by atoms with Crippen molar-refractivity contribution in [3.63, 3.8) is 0 Å². The molecule has 0 radical (unpaired) electrons. The maximum Gasteiger partial charge on any atom is 0.387 e. The minimum absolute atomic E-state index is 0.0567. The van der Waals surface area contributed by atoms with E-state index in [0.29, 0.717) is 10.0 Å². The first-order valence-corrected chi connectivity index (χ1v) is 8.76. The van der Waals surface area contributed by atoms with Gasteiger partial charge in [-0.3, -0.25) is 4.79 Å². The normalized spacial score (nSPS) is 10.7. The van der Waals surface area contributed by atoms with Crippen molar-refractivity contribution >= 4 is 33.4 Å². The number of nitrogens with zero attached hydrogens (tertiary/aromatic N) is 2. The van der Waals surface area contributed by atoms with Crippen molar-refractivity contribution in [2.24, 2.45) is 0 Å². The van der Waals surface area contributed by atoms with Crippen LogP contribution in [0, 0.1) is 0 Å². The van der Waals surface area contributed by atoms with Crippen molar-refractivity contribution < 1.29 is 23.0 Å². The Bertz CT molecular complexity index is 793. The van der Waals surface area contributed by atoms with Crippen LogP contribution in [-0.4, -0.2) is 36.1 Å². The molecule has 0 aliphatic rings. The van der Waals surface area contributed by atoms with E-state index >= 15 is 0 Å². The smallest absolute Gasteiger partial charge is 0.387 e. The number of aromatic nitrogens is 1. The van der Waals surface area contributed by atoms with Crippen LogP contribution in [0.4, 0.5) is 8.78 Å². The summed E-state index contributed by atoms with van der Waals surface area (Å²) in [4.78, 5) is 17.9. The zero-order valence-electron chi connectivity index (χ0n) is 14.0. The number of rotatable bonds is 7. The third-order valence-electron chi connectivity index (χ3n) is 3.33. The van der Waals surface area contributed by atoms with Crippen LogP contribution in [0.2, 0.25) is 5.15 Å². The van der Waals surface area contributed by atoms with Gasteiger partial charge in [0, 0.05) is 24.3 Å². The summed E-state index contributed by atoms with van der Waals surface area (Å²) in [6.45, 7) is -0.708. The molecule has 1 aromatic heterocycles. The number of carbonyl (C=O) groups excluding carboxylic acids is 1. The number of alkyl halides is 2. The largest absolute Gasteiger partial charge is 0.490 e. The van der Waals surface area contributed by atoms with Gasteiger partial charge in [-0.15, -0.1) is 0 Å². The van der Waals surface area contributed by atoms with Gasteiger partial charge >= 0.3 is 6.61 Å². The fourth-order valence-electron chi connectivity index (χ4n) is 2.24. The molecule has 1 amide bonds. The lowest BCUT2D eigenvalue weighted by molar-refractivity contribution is -0.0514. The lowest BCUT2D eigenvalue weighted by atomic mass is 10.1. The molecule has 0 unspecified atom stereocenters. The summed E-state index contributed by atoms with van der Waals surface area (Å²) in [5.41, 5.74) is 0.941. The van der Waals surface area contributed by atoms with Crippen LogP contribution in [0.25, 0.3) is 0 Å². The highest BCUT2D eigenvalue weighted by atomic mass is 79.9. The van der Waals surface area contributed by atoms with E-state index in [0.717, 1.165) is 0 Å². The van der Waals surface area contributed by atoms with E-state index in [4.69, 9.17) is 16.3 Å². The van der Waals surface area contributed by atoms with Crippen LogP contribution in [0.5, 0.6) is 11.5 Å². The van der Waals surface area contributed by atoms with E-state index in [1.54, 1.807) is 32.2 Å². The van der Waals surface area contributed by atoms with Gasteiger partial charge < -0.3 is 14.4 Å². The molecule has 140 valence electrons. The molecule has 26 heavy (non-hydrogen) atoms. The molecule has 0 N–H and O–H groups in total. The molecule has 1 aromatic carbocycles. The monoisotopic (exact) mass is 448 g/mol. The molecule has 0 saturated carbocycles. The van der Waals surface area contributed by atoms with Crippen LogP contribution < -0.4 is 9.47 Å².